The molecule has 0 spiro atoms. The molecule has 6 nitrogen and oxygen atoms in total. The van der Waals surface area contributed by atoms with E-state index in [1.165, 1.54) is 18.3 Å². The molecule has 1 heterocycles. The highest BCUT2D eigenvalue weighted by atomic mass is 16.7. The number of rotatable bonds is 3. The van der Waals surface area contributed by atoms with E-state index in [9.17, 15) is 9.59 Å². The van der Waals surface area contributed by atoms with Gasteiger partial charge in [-0.25, -0.2) is 14.6 Å². The predicted octanol–water partition coefficient (Wildman–Crippen LogP) is 1.32. The minimum absolute atomic E-state index is 0.136. The number of carbonyl (C=O) groups is 2. The number of carboxylic acid groups (broad SMARTS) is 1. The minimum atomic E-state index is -1.51. The molecule has 6 heteroatoms. The van der Waals surface area contributed by atoms with Gasteiger partial charge < -0.3 is 14.6 Å². The Morgan fingerprint density at radius 1 is 1.53 bits per heavy atom. The van der Waals surface area contributed by atoms with Crippen molar-refractivity contribution in [3.8, 4) is 5.75 Å². The molecule has 0 unspecified atom stereocenters. The van der Waals surface area contributed by atoms with Crippen LogP contribution in [0.2, 0.25) is 0 Å². The first-order valence-electron chi connectivity index (χ1n) is 4.18. The number of hydrogen-bond donors (Lipinski definition) is 1. The average molecular weight is 211 g/mol. The normalized spacial score (nSPS) is 9.40. The smallest absolute Gasteiger partial charge is 0.461 e. The van der Waals surface area contributed by atoms with Gasteiger partial charge in [0.25, 0.3) is 0 Å². The number of pyridine rings is 1. The van der Waals surface area contributed by atoms with Crippen molar-refractivity contribution in [1.29, 1.82) is 0 Å². The molecule has 0 amide bonds. The molecule has 0 aromatic carbocycles. The number of carbonyl (C=O) groups excluding carboxylic acids is 1. The third kappa shape index (κ3) is 2.94. The predicted molar refractivity (Wildman–Crippen MR) is 48.8 cm³/mol. The summed E-state index contributed by atoms with van der Waals surface area (Å²) >= 11 is 0. The fourth-order valence-electron chi connectivity index (χ4n) is 0.920. The van der Waals surface area contributed by atoms with Gasteiger partial charge in [0.2, 0.25) is 0 Å². The van der Waals surface area contributed by atoms with Crippen molar-refractivity contribution in [2.75, 3.05) is 6.61 Å². The van der Waals surface area contributed by atoms with Crippen molar-refractivity contribution in [1.82, 2.24) is 4.98 Å². The second kappa shape index (κ2) is 4.94. The molecule has 0 saturated heterocycles. The molecule has 0 aliphatic carbocycles. The van der Waals surface area contributed by atoms with Gasteiger partial charge in [-0.15, -0.1) is 0 Å². The Balaban J connectivity index is 2.95. The first-order chi connectivity index (χ1) is 7.15. The molecule has 0 fully saturated rings. The summed E-state index contributed by atoms with van der Waals surface area (Å²) < 4.78 is 9.04. The summed E-state index contributed by atoms with van der Waals surface area (Å²) in [6.07, 6.45) is -0.158. The fraction of sp³-hybridized carbons (Fsp3) is 0.222. The maximum Gasteiger partial charge on any atom is 0.511 e. The van der Waals surface area contributed by atoms with Gasteiger partial charge in [-0.3, -0.25) is 0 Å². The van der Waals surface area contributed by atoms with Gasteiger partial charge in [0.05, 0.1) is 6.61 Å². The summed E-state index contributed by atoms with van der Waals surface area (Å²) in [6, 6.07) is 2.79. The lowest BCUT2D eigenvalue weighted by Gasteiger charge is -2.05. The Labute approximate surface area is 85.5 Å². The Bertz CT molecular complexity index is 377. The van der Waals surface area contributed by atoms with E-state index < -0.39 is 12.1 Å². The van der Waals surface area contributed by atoms with Crippen molar-refractivity contribution in [2.45, 2.75) is 6.92 Å². The van der Waals surface area contributed by atoms with Crippen molar-refractivity contribution in [3.63, 3.8) is 0 Å². The second-order valence-electron chi connectivity index (χ2n) is 2.44. The lowest BCUT2D eigenvalue weighted by molar-refractivity contribution is 0.0515. The van der Waals surface area contributed by atoms with E-state index in [0.717, 1.165) is 0 Å². The van der Waals surface area contributed by atoms with Crippen molar-refractivity contribution >= 4 is 12.1 Å². The van der Waals surface area contributed by atoms with E-state index in [0.29, 0.717) is 0 Å². The van der Waals surface area contributed by atoms with Crippen LogP contribution in [-0.2, 0) is 4.74 Å². The second-order valence-corrected chi connectivity index (χ2v) is 2.44. The summed E-state index contributed by atoms with van der Waals surface area (Å²) in [7, 11) is 0. The molecule has 0 atom stereocenters. The molecular weight excluding hydrogens is 202 g/mol. The monoisotopic (exact) mass is 211 g/mol. The number of hydrogen-bond acceptors (Lipinski definition) is 5. The van der Waals surface area contributed by atoms with E-state index in [1.54, 1.807) is 6.92 Å². The molecule has 0 radical (unpaired) electrons. The summed E-state index contributed by atoms with van der Waals surface area (Å²) in [4.78, 5) is 25.3. The van der Waals surface area contributed by atoms with Crippen LogP contribution in [0.5, 0.6) is 5.75 Å². The fourth-order valence-corrected chi connectivity index (χ4v) is 0.920. The van der Waals surface area contributed by atoms with Gasteiger partial charge in [-0.05, 0) is 19.1 Å². The zero-order valence-corrected chi connectivity index (χ0v) is 7.97. The highest BCUT2D eigenvalue weighted by Crippen LogP contribution is 2.16. The molecule has 1 N–H and O–H groups in total. The molecule has 1 aromatic heterocycles. The Kier molecular flexibility index (Phi) is 3.61. The Hall–Kier alpha value is -2.11. The molecule has 0 aliphatic heterocycles. The van der Waals surface area contributed by atoms with E-state index >= 15 is 0 Å². The van der Waals surface area contributed by atoms with Crippen LogP contribution >= 0.6 is 0 Å². The molecule has 1 rings (SSSR count). The quantitative estimate of drug-likeness (QED) is 0.758. The molecule has 0 aliphatic rings. The third-order valence-electron chi connectivity index (χ3n) is 1.44. The zero-order chi connectivity index (χ0) is 11.3. The maximum absolute atomic E-state index is 11.3. The van der Waals surface area contributed by atoms with E-state index in [4.69, 9.17) is 5.11 Å². The van der Waals surface area contributed by atoms with Crippen molar-refractivity contribution < 1.29 is 24.2 Å². The van der Waals surface area contributed by atoms with Gasteiger partial charge in [-0.1, -0.05) is 0 Å². The molecule has 1 aromatic rings. The van der Waals surface area contributed by atoms with Crippen LogP contribution < -0.4 is 4.74 Å². The van der Waals surface area contributed by atoms with Crippen molar-refractivity contribution in [3.05, 3.63) is 24.0 Å². The molecule has 0 saturated carbocycles. The molecule has 80 valence electrons. The first-order valence-corrected chi connectivity index (χ1v) is 4.18. The molecular formula is C9H9NO5. The number of esters is 1. The average Bonchev–Trinajstić information content (AvgIpc) is 2.18. The lowest BCUT2D eigenvalue weighted by Crippen LogP contribution is -2.12. The van der Waals surface area contributed by atoms with Gasteiger partial charge in [-0.2, -0.15) is 0 Å². The van der Waals surface area contributed by atoms with Gasteiger partial charge >= 0.3 is 12.1 Å². The van der Waals surface area contributed by atoms with Crippen molar-refractivity contribution in [2.24, 2.45) is 0 Å². The number of aromatic nitrogens is 1. The minimum Gasteiger partial charge on any atom is -0.461 e. The number of nitrogens with zero attached hydrogens (tertiary/aromatic N) is 1. The van der Waals surface area contributed by atoms with Crippen LogP contribution in [0, 0.1) is 0 Å². The van der Waals surface area contributed by atoms with Crippen LogP contribution in [0.3, 0.4) is 0 Å². The summed E-state index contributed by atoms with van der Waals surface area (Å²) in [5.74, 6) is -0.849. The summed E-state index contributed by atoms with van der Waals surface area (Å²) in [5.41, 5.74) is -0.151. The Morgan fingerprint density at radius 3 is 2.87 bits per heavy atom. The lowest BCUT2D eigenvalue weighted by atomic mass is 10.3. The first kappa shape index (κ1) is 11.0. The van der Waals surface area contributed by atoms with Crippen LogP contribution in [0.15, 0.2) is 18.3 Å². The van der Waals surface area contributed by atoms with Gasteiger partial charge in [0, 0.05) is 6.20 Å². The van der Waals surface area contributed by atoms with E-state index in [1.807, 2.05) is 0 Å². The van der Waals surface area contributed by atoms with Gasteiger partial charge in [0.1, 0.15) is 0 Å². The summed E-state index contributed by atoms with van der Waals surface area (Å²) in [5, 5.41) is 8.40. The number of ether oxygens (including phenoxy) is 2. The summed E-state index contributed by atoms with van der Waals surface area (Å²) in [6.45, 7) is 1.82. The van der Waals surface area contributed by atoms with Crippen LogP contribution in [0.1, 0.15) is 17.4 Å². The highest BCUT2D eigenvalue weighted by Gasteiger charge is 2.16. The largest absolute Gasteiger partial charge is 0.511 e. The Morgan fingerprint density at radius 2 is 2.27 bits per heavy atom. The van der Waals surface area contributed by atoms with E-state index in [-0.39, 0.29) is 18.1 Å². The maximum atomic E-state index is 11.3. The topological polar surface area (TPSA) is 85.7 Å². The molecule has 0 bridgehead atoms. The highest BCUT2D eigenvalue weighted by molar-refractivity contribution is 5.90. The molecule has 15 heavy (non-hydrogen) atoms. The van der Waals surface area contributed by atoms with Crippen LogP contribution in [-0.4, -0.2) is 28.8 Å². The van der Waals surface area contributed by atoms with Gasteiger partial charge in [0.15, 0.2) is 11.4 Å². The van der Waals surface area contributed by atoms with Crippen LogP contribution in [0.4, 0.5) is 4.79 Å². The standard InChI is InChI=1S/C9H9NO5/c1-2-14-8(11)7-6(15-9(12)13)4-3-5-10-7/h3-5H,2H2,1H3,(H,12,13). The zero-order valence-electron chi connectivity index (χ0n) is 7.97. The van der Waals surface area contributed by atoms with Crippen LogP contribution in [0.25, 0.3) is 0 Å². The third-order valence-corrected chi connectivity index (χ3v) is 1.44. The van der Waals surface area contributed by atoms with E-state index in [2.05, 4.69) is 14.5 Å². The SMILES string of the molecule is CCOC(=O)c1ncccc1OC(=O)O.